The number of amides is 1. The van der Waals surface area contributed by atoms with Gasteiger partial charge in [-0.05, 0) is 22.4 Å². The second kappa shape index (κ2) is 6.24. The first-order valence-electron chi connectivity index (χ1n) is 7.99. The van der Waals surface area contributed by atoms with E-state index >= 15 is 0 Å². The molecule has 0 spiro atoms. The molecule has 2 aromatic heterocycles. The first-order valence-corrected chi connectivity index (χ1v) is 7.99. The van der Waals surface area contributed by atoms with Crippen molar-refractivity contribution in [1.29, 1.82) is 0 Å². The molecule has 0 fully saturated rings. The Labute approximate surface area is 144 Å². The van der Waals surface area contributed by atoms with Crippen molar-refractivity contribution in [1.82, 2.24) is 19.6 Å². The molecule has 0 aliphatic rings. The Kier molecular flexibility index (Phi) is 3.78. The molecule has 6 heteroatoms. The fraction of sp³-hybridized carbons (Fsp3) is 0.105. The van der Waals surface area contributed by atoms with Crippen molar-refractivity contribution in [3.05, 3.63) is 78.4 Å². The molecule has 1 N–H and O–H groups in total. The molecule has 0 unspecified atom stereocenters. The van der Waals surface area contributed by atoms with Crippen LogP contribution in [0.25, 0.3) is 10.8 Å². The molecule has 4 aromatic rings. The Morgan fingerprint density at radius 3 is 2.76 bits per heavy atom. The maximum absolute atomic E-state index is 12.2. The Hall–Kier alpha value is -3.41. The van der Waals surface area contributed by atoms with Gasteiger partial charge < -0.3 is 5.32 Å². The molecule has 0 aliphatic heterocycles. The lowest BCUT2D eigenvalue weighted by Crippen LogP contribution is -2.15. The van der Waals surface area contributed by atoms with E-state index < -0.39 is 0 Å². The molecule has 25 heavy (non-hydrogen) atoms. The van der Waals surface area contributed by atoms with E-state index in [1.165, 1.54) is 21.0 Å². The van der Waals surface area contributed by atoms with Crippen LogP contribution in [0, 0.1) is 0 Å². The van der Waals surface area contributed by atoms with Gasteiger partial charge in [0, 0.05) is 19.4 Å². The quantitative estimate of drug-likeness (QED) is 0.625. The molecular formula is C19H17N5O. The largest absolute Gasteiger partial charge is 0.318 e. The van der Waals surface area contributed by atoms with Crippen LogP contribution in [0.3, 0.4) is 0 Å². The number of nitrogens with one attached hydrogen (secondary N) is 1. The molecule has 1 amide bonds. The second-order valence-electron chi connectivity index (χ2n) is 5.86. The molecule has 0 atom stereocenters. The molecule has 0 saturated heterocycles. The smallest absolute Gasteiger partial charge is 0.274 e. The zero-order valence-corrected chi connectivity index (χ0v) is 13.8. The molecule has 4 rings (SSSR count). The molecule has 2 heterocycles. The van der Waals surface area contributed by atoms with Crippen LogP contribution in [-0.2, 0) is 13.6 Å². The number of aromatic nitrogens is 4. The zero-order chi connectivity index (χ0) is 17.2. The van der Waals surface area contributed by atoms with Crippen LogP contribution >= 0.6 is 0 Å². The predicted octanol–water partition coefficient (Wildman–Crippen LogP) is 3.07. The SMILES string of the molecule is Cn1nccc1C(=O)Nc1cnn(Cc2cccc3ccccc23)c1. The van der Waals surface area contributed by atoms with E-state index in [1.807, 2.05) is 29.1 Å². The monoisotopic (exact) mass is 331 g/mol. The van der Waals surface area contributed by atoms with Gasteiger partial charge in [-0.1, -0.05) is 42.5 Å². The number of carbonyl (C=O) groups is 1. The summed E-state index contributed by atoms with van der Waals surface area (Å²) in [6.45, 7) is 0.642. The van der Waals surface area contributed by atoms with Crippen LogP contribution < -0.4 is 5.32 Å². The number of anilines is 1. The molecule has 2 aromatic carbocycles. The number of nitrogens with zero attached hydrogens (tertiary/aromatic N) is 4. The van der Waals surface area contributed by atoms with Gasteiger partial charge in [-0.15, -0.1) is 0 Å². The van der Waals surface area contributed by atoms with Crippen molar-refractivity contribution in [2.45, 2.75) is 6.54 Å². The summed E-state index contributed by atoms with van der Waals surface area (Å²) in [5.74, 6) is -0.204. The fourth-order valence-corrected chi connectivity index (χ4v) is 2.91. The lowest BCUT2D eigenvalue weighted by Gasteiger charge is -2.06. The highest BCUT2D eigenvalue weighted by Crippen LogP contribution is 2.19. The van der Waals surface area contributed by atoms with Gasteiger partial charge >= 0.3 is 0 Å². The topological polar surface area (TPSA) is 64.7 Å². The average molecular weight is 331 g/mol. The van der Waals surface area contributed by atoms with Gasteiger partial charge in [0.05, 0.1) is 18.4 Å². The van der Waals surface area contributed by atoms with Crippen molar-refractivity contribution in [3.8, 4) is 0 Å². The molecule has 0 bridgehead atoms. The second-order valence-corrected chi connectivity index (χ2v) is 5.86. The minimum Gasteiger partial charge on any atom is -0.318 e. The standard InChI is InChI=1S/C19H17N5O/c1-23-18(9-10-20-23)19(25)22-16-11-21-24(13-16)12-15-7-4-6-14-5-2-3-8-17(14)15/h2-11,13H,12H2,1H3,(H,22,25). The van der Waals surface area contributed by atoms with E-state index in [0.717, 1.165) is 0 Å². The Morgan fingerprint density at radius 2 is 1.92 bits per heavy atom. The van der Waals surface area contributed by atoms with Crippen molar-refractivity contribution in [2.75, 3.05) is 5.32 Å². The van der Waals surface area contributed by atoms with E-state index in [0.29, 0.717) is 17.9 Å². The average Bonchev–Trinajstić information content (AvgIpc) is 3.24. The number of fused-ring (bicyclic) bond motifs is 1. The highest BCUT2D eigenvalue weighted by molar-refractivity contribution is 6.02. The van der Waals surface area contributed by atoms with Crippen LogP contribution in [0.2, 0.25) is 0 Å². The van der Waals surface area contributed by atoms with Crippen LogP contribution in [-0.4, -0.2) is 25.5 Å². The highest BCUT2D eigenvalue weighted by atomic mass is 16.2. The Balaban J connectivity index is 1.53. The minimum atomic E-state index is -0.204. The summed E-state index contributed by atoms with van der Waals surface area (Å²) < 4.78 is 3.36. The summed E-state index contributed by atoms with van der Waals surface area (Å²) in [7, 11) is 1.73. The van der Waals surface area contributed by atoms with Crippen LogP contribution in [0.1, 0.15) is 16.1 Å². The van der Waals surface area contributed by atoms with E-state index in [1.54, 1.807) is 25.5 Å². The molecule has 6 nitrogen and oxygen atoms in total. The Morgan fingerprint density at radius 1 is 1.08 bits per heavy atom. The third-order valence-electron chi connectivity index (χ3n) is 4.16. The summed E-state index contributed by atoms with van der Waals surface area (Å²) in [5, 5.41) is 13.6. The molecule has 124 valence electrons. The van der Waals surface area contributed by atoms with Gasteiger partial charge in [-0.2, -0.15) is 10.2 Å². The van der Waals surface area contributed by atoms with Crippen molar-refractivity contribution >= 4 is 22.4 Å². The lowest BCUT2D eigenvalue weighted by molar-refractivity contribution is 0.101. The summed E-state index contributed by atoms with van der Waals surface area (Å²) >= 11 is 0. The van der Waals surface area contributed by atoms with Gasteiger partial charge in [0.2, 0.25) is 0 Å². The summed E-state index contributed by atoms with van der Waals surface area (Å²) in [6, 6.07) is 16.2. The number of aryl methyl sites for hydroxylation is 1. The van der Waals surface area contributed by atoms with Crippen LogP contribution in [0.15, 0.2) is 67.1 Å². The number of rotatable bonds is 4. The number of hydrogen-bond donors (Lipinski definition) is 1. The van der Waals surface area contributed by atoms with Gasteiger partial charge in [-0.3, -0.25) is 14.2 Å². The van der Waals surface area contributed by atoms with E-state index in [4.69, 9.17) is 0 Å². The summed E-state index contributed by atoms with van der Waals surface area (Å²) in [5.41, 5.74) is 2.35. The van der Waals surface area contributed by atoms with Gasteiger partial charge in [0.1, 0.15) is 5.69 Å². The van der Waals surface area contributed by atoms with Gasteiger partial charge in [-0.25, -0.2) is 0 Å². The van der Waals surface area contributed by atoms with Crippen LogP contribution in [0.4, 0.5) is 5.69 Å². The number of benzene rings is 2. The number of hydrogen-bond acceptors (Lipinski definition) is 3. The maximum atomic E-state index is 12.2. The fourth-order valence-electron chi connectivity index (χ4n) is 2.91. The molecule has 0 aliphatic carbocycles. The predicted molar refractivity (Wildman–Crippen MR) is 96.4 cm³/mol. The van der Waals surface area contributed by atoms with Crippen molar-refractivity contribution in [3.63, 3.8) is 0 Å². The highest BCUT2D eigenvalue weighted by Gasteiger charge is 2.11. The van der Waals surface area contributed by atoms with E-state index in [9.17, 15) is 4.79 Å². The normalized spacial score (nSPS) is 10.9. The van der Waals surface area contributed by atoms with E-state index in [2.05, 4.69) is 39.8 Å². The Bertz CT molecular complexity index is 1040. The first kappa shape index (κ1) is 15.1. The molecular weight excluding hydrogens is 314 g/mol. The summed E-state index contributed by atoms with van der Waals surface area (Å²) in [4.78, 5) is 12.2. The third-order valence-corrected chi connectivity index (χ3v) is 4.16. The summed E-state index contributed by atoms with van der Waals surface area (Å²) in [6.07, 6.45) is 5.08. The zero-order valence-electron chi connectivity index (χ0n) is 13.8. The van der Waals surface area contributed by atoms with Crippen molar-refractivity contribution < 1.29 is 4.79 Å². The third kappa shape index (κ3) is 3.01. The van der Waals surface area contributed by atoms with Crippen molar-refractivity contribution in [2.24, 2.45) is 7.05 Å². The maximum Gasteiger partial charge on any atom is 0.274 e. The number of carbonyl (C=O) groups excluding carboxylic acids is 1. The van der Waals surface area contributed by atoms with Crippen LogP contribution in [0.5, 0.6) is 0 Å². The minimum absolute atomic E-state index is 0.204. The van der Waals surface area contributed by atoms with Gasteiger partial charge in [0.25, 0.3) is 5.91 Å². The molecule has 0 radical (unpaired) electrons. The van der Waals surface area contributed by atoms with E-state index in [-0.39, 0.29) is 5.91 Å². The molecule has 0 saturated carbocycles. The lowest BCUT2D eigenvalue weighted by atomic mass is 10.0. The first-order chi connectivity index (χ1) is 12.2. The van der Waals surface area contributed by atoms with Gasteiger partial charge in [0.15, 0.2) is 0 Å².